The van der Waals surface area contributed by atoms with Gasteiger partial charge in [-0.05, 0) is 15.9 Å². The summed E-state index contributed by atoms with van der Waals surface area (Å²) in [4.78, 5) is 0. The van der Waals surface area contributed by atoms with Crippen LogP contribution >= 0.6 is 15.9 Å². The lowest BCUT2D eigenvalue weighted by molar-refractivity contribution is -0.269. The highest BCUT2D eigenvalue weighted by atomic mass is 79.9. The minimum atomic E-state index is -5.38. The first-order valence-corrected chi connectivity index (χ1v) is 4.68. The molecule has 0 amide bonds. The van der Waals surface area contributed by atoms with E-state index in [0.29, 0.717) is 4.68 Å². The monoisotopic (exact) mass is 310 g/mol. The van der Waals surface area contributed by atoms with Gasteiger partial charge in [-0.25, -0.2) is 8.78 Å². The summed E-state index contributed by atoms with van der Waals surface area (Å²) in [7, 11) is 0. The lowest BCUT2D eigenvalue weighted by atomic mass is 10.2. The van der Waals surface area contributed by atoms with Gasteiger partial charge in [-0.3, -0.25) is 4.68 Å². The van der Waals surface area contributed by atoms with Gasteiger partial charge in [0.15, 0.2) is 0 Å². The molecule has 0 aliphatic heterocycles. The topological polar surface area (TPSA) is 17.8 Å². The largest absolute Gasteiger partial charge is 0.371 e. The van der Waals surface area contributed by atoms with E-state index in [-0.39, 0.29) is 4.47 Å². The van der Waals surface area contributed by atoms with Crippen LogP contribution in [0.15, 0.2) is 16.9 Å². The summed E-state index contributed by atoms with van der Waals surface area (Å²) in [6.45, 7) is -1.62. The quantitative estimate of drug-likeness (QED) is 0.781. The van der Waals surface area contributed by atoms with Crippen molar-refractivity contribution in [1.29, 1.82) is 0 Å². The van der Waals surface area contributed by atoms with Gasteiger partial charge in [-0.1, -0.05) is 0 Å². The first kappa shape index (κ1) is 13.3. The van der Waals surface area contributed by atoms with Gasteiger partial charge in [0.2, 0.25) is 0 Å². The third-order valence-corrected chi connectivity index (χ3v) is 2.13. The molecule has 1 heterocycles. The van der Waals surface area contributed by atoms with E-state index in [0.717, 1.165) is 12.4 Å². The van der Waals surface area contributed by atoms with Crippen molar-refractivity contribution >= 4 is 15.9 Å². The predicted molar refractivity (Wildman–Crippen MR) is 45.8 cm³/mol. The predicted octanol–water partition coefficient (Wildman–Crippen LogP) is 3.18. The molecule has 0 bridgehead atoms. The Balaban J connectivity index is 2.86. The normalized spacial score (nSPS) is 13.5. The van der Waals surface area contributed by atoms with E-state index in [1.54, 1.807) is 0 Å². The molecule has 0 saturated carbocycles. The lowest BCUT2D eigenvalue weighted by Crippen LogP contribution is -2.49. The molecule has 92 valence electrons. The third-order valence-electron chi connectivity index (χ3n) is 1.72. The molecule has 16 heavy (non-hydrogen) atoms. The van der Waals surface area contributed by atoms with Gasteiger partial charge < -0.3 is 0 Å². The summed E-state index contributed by atoms with van der Waals surface area (Å²) >= 11 is 2.86. The van der Waals surface area contributed by atoms with Crippen LogP contribution in [0.3, 0.4) is 0 Å². The highest BCUT2D eigenvalue weighted by Crippen LogP contribution is 2.40. The second-order valence-electron chi connectivity index (χ2n) is 2.98. The van der Waals surface area contributed by atoms with Crippen molar-refractivity contribution < 1.29 is 26.3 Å². The Hall–Kier alpha value is -0.730. The molecule has 0 spiro atoms. The third kappa shape index (κ3) is 2.50. The molecule has 0 N–H and O–H groups in total. The average Bonchev–Trinajstić information content (AvgIpc) is 2.49. The average molecular weight is 311 g/mol. The highest BCUT2D eigenvalue weighted by Gasteiger charge is 2.63. The van der Waals surface area contributed by atoms with Crippen LogP contribution in [0, 0.1) is 0 Å². The fourth-order valence-corrected chi connectivity index (χ4v) is 1.22. The first-order chi connectivity index (χ1) is 7.17. The van der Waals surface area contributed by atoms with Gasteiger partial charge in [-0.15, -0.1) is 0 Å². The summed E-state index contributed by atoms with van der Waals surface area (Å²) in [5, 5.41) is 3.29. The fourth-order valence-electron chi connectivity index (χ4n) is 0.893. The van der Waals surface area contributed by atoms with Crippen molar-refractivity contribution in [2.24, 2.45) is 0 Å². The van der Waals surface area contributed by atoms with Crippen LogP contribution in [0.25, 0.3) is 0 Å². The summed E-state index contributed by atoms with van der Waals surface area (Å²) in [5.41, 5.74) is 0. The van der Waals surface area contributed by atoms with Crippen molar-refractivity contribution in [3.05, 3.63) is 16.9 Å². The fraction of sp³-hybridized carbons (Fsp3) is 0.571. The number of rotatable bonds is 4. The molecule has 1 aromatic rings. The van der Waals surface area contributed by atoms with Crippen molar-refractivity contribution in [3.8, 4) is 0 Å². The van der Waals surface area contributed by atoms with E-state index in [1.807, 2.05) is 0 Å². The Morgan fingerprint density at radius 1 is 1.31 bits per heavy atom. The van der Waals surface area contributed by atoms with Crippen LogP contribution in [0.4, 0.5) is 26.3 Å². The van der Waals surface area contributed by atoms with Gasteiger partial charge in [-0.2, -0.15) is 22.7 Å². The number of aromatic nitrogens is 2. The molecule has 0 aromatic carbocycles. The second kappa shape index (κ2) is 4.27. The second-order valence-corrected chi connectivity index (χ2v) is 3.90. The summed E-state index contributed by atoms with van der Waals surface area (Å²) in [6.07, 6.45) is -2.37. The van der Waals surface area contributed by atoms with Crippen LogP contribution in [0.5, 0.6) is 0 Å². The Labute approximate surface area is 94.4 Å². The Morgan fingerprint density at radius 3 is 2.25 bits per heavy atom. The summed E-state index contributed by atoms with van der Waals surface area (Å²) < 4.78 is 74.8. The van der Waals surface area contributed by atoms with E-state index in [1.165, 1.54) is 0 Å². The van der Waals surface area contributed by atoms with E-state index >= 15 is 0 Å². The number of nitrogens with zero attached hydrogens (tertiary/aromatic N) is 2. The first-order valence-electron chi connectivity index (χ1n) is 3.88. The minimum Gasteiger partial charge on any atom is -0.265 e. The van der Waals surface area contributed by atoms with Gasteiger partial charge >= 0.3 is 18.3 Å². The molecule has 9 heteroatoms. The van der Waals surface area contributed by atoms with E-state index in [9.17, 15) is 26.3 Å². The van der Waals surface area contributed by atoms with Crippen molar-refractivity contribution in [2.45, 2.75) is 24.8 Å². The van der Waals surface area contributed by atoms with Gasteiger partial charge in [0.1, 0.15) is 6.54 Å². The summed E-state index contributed by atoms with van der Waals surface area (Å²) in [6, 6.07) is 0. The van der Waals surface area contributed by atoms with Crippen molar-refractivity contribution in [1.82, 2.24) is 9.78 Å². The molecule has 0 unspecified atom stereocenters. The maximum absolute atomic E-state index is 12.8. The van der Waals surface area contributed by atoms with Crippen molar-refractivity contribution in [2.75, 3.05) is 0 Å². The standard InChI is InChI=1S/C7H5BrF6N2/c8-4-1-15-16(2-4)3-6(11,12)7(13,14)5(9)10/h1-2,5H,3H2. The summed E-state index contributed by atoms with van der Waals surface area (Å²) in [5.74, 6) is -10.3. The van der Waals surface area contributed by atoms with Crippen LogP contribution in [-0.4, -0.2) is 28.1 Å². The van der Waals surface area contributed by atoms with E-state index in [4.69, 9.17) is 0 Å². The Kier molecular flexibility index (Phi) is 3.56. The highest BCUT2D eigenvalue weighted by molar-refractivity contribution is 9.10. The van der Waals surface area contributed by atoms with Crippen LogP contribution in [-0.2, 0) is 6.54 Å². The zero-order valence-electron chi connectivity index (χ0n) is 7.48. The molecular formula is C7H5BrF6N2. The van der Waals surface area contributed by atoms with Crippen LogP contribution in [0.2, 0.25) is 0 Å². The molecule has 2 nitrogen and oxygen atoms in total. The number of halogens is 7. The minimum absolute atomic E-state index is 0.281. The SMILES string of the molecule is FC(F)C(F)(F)C(F)(F)Cn1cc(Br)cn1. The van der Waals surface area contributed by atoms with Crippen LogP contribution < -0.4 is 0 Å². The number of hydrogen-bond donors (Lipinski definition) is 0. The van der Waals surface area contributed by atoms with Gasteiger partial charge in [0, 0.05) is 6.20 Å². The molecule has 0 aliphatic rings. The van der Waals surface area contributed by atoms with E-state index in [2.05, 4.69) is 21.0 Å². The molecule has 0 saturated heterocycles. The smallest absolute Gasteiger partial charge is 0.265 e. The molecular weight excluding hydrogens is 306 g/mol. The Morgan fingerprint density at radius 2 is 1.88 bits per heavy atom. The molecule has 0 atom stereocenters. The molecule has 0 radical (unpaired) electrons. The van der Waals surface area contributed by atoms with Crippen LogP contribution in [0.1, 0.15) is 0 Å². The number of hydrogen-bond acceptors (Lipinski definition) is 1. The van der Waals surface area contributed by atoms with Gasteiger partial charge in [0.05, 0.1) is 10.7 Å². The lowest BCUT2D eigenvalue weighted by Gasteiger charge is -2.25. The molecule has 0 aliphatic carbocycles. The van der Waals surface area contributed by atoms with Gasteiger partial charge in [0.25, 0.3) is 0 Å². The number of alkyl halides is 6. The maximum Gasteiger partial charge on any atom is 0.371 e. The Bertz CT molecular complexity index is 364. The van der Waals surface area contributed by atoms with E-state index < -0.39 is 24.8 Å². The molecule has 1 rings (SSSR count). The zero-order valence-corrected chi connectivity index (χ0v) is 9.07. The van der Waals surface area contributed by atoms with Crippen molar-refractivity contribution in [3.63, 3.8) is 0 Å². The molecule has 1 aromatic heterocycles. The maximum atomic E-state index is 12.8. The zero-order chi connectivity index (χ0) is 12.6. The molecule has 0 fully saturated rings.